The van der Waals surface area contributed by atoms with Crippen molar-refractivity contribution in [2.24, 2.45) is 0 Å². The van der Waals surface area contributed by atoms with Crippen LogP contribution in [0.25, 0.3) is 16.8 Å². The number of allylic oxidation sites excluding steroid dienone is 1. The van der Waals surface area contributed by atoms with E-state index < -0.39 is 0 Å². The van der Waals surface area contributed by atoms with Gasteiger partial charge in [-0.3, -0.25) is 0 Å². The maximum Gasteiger partial charge on any atom is 0.0947 e. The summed E-state index contributed by atoms with van der Waals surface area (Å²) in [5.41, 5.74) is 2.27. The van der Waals surface area contributed by atoms with Crippen LogP contribution in [0.15, 0.2) is 41.4 Å². The molecule has 1 aliphatic rings. The minimum Gasteiger partial charge on any atom is -0.112 e. The molecule has 0 heterocycles. The number of benzene rings is 2. The minimum absolute atomic E-state index is 0.203. The number of alkyl halides is 1. The molecule has 3 rings (SSSR count). The molecule has 1 unspecified atom stereocenters. The Balaban J connectivity index is 2.49. The lowest BCUT2D eigenvalue weighted by atomic mass is 9.93. The molecule has 0 fully saturated rings. The lowest BCUT2D eigenvalue weighted by Crippen LogP contribution is -1.98. The summed E-state index contributed by atoms with van der Waals surface area (Å²) in [4.78, 5) is 0. The summed E-state index contributed by atoms with van der Waals surface area (Å²) >= 11 is 12.4. The van der Waals surface area contributed by atoms with E-state index in [0.29, 0.717) is 5.03 Å². The zero-order valence-electron chi connectivity index (χ0n) is 7.87. The van der Waals surface area contributed by atoms with Gasteiger partial charge in [0, 0.05) is 5.03 Å². The summed E-state index contributed by atoms with van der Waals surface area (Å²) in [6.45, 7) is 0. The summed E-state index contributed by atoms with van der Waals surface area (Å²) in [7, 11) is 0. The minimum atomic E-state index is -0.203. The molecule has 0 N–H and O–H groups in total. The van der Waals surface area contributed by atoms with Crippen molar-refractivity contribution in [1.29, 1.82) is 0 Å². The first kappa shape index (κ1) is 9.26. The van der Waals surface area contributed by atoms with Gasteiger partial charge in [-0.05, 0) is 28.0 Å². The lowest BCUT2D eigenvalue weighted by Gasteiger charge is -2.19. The summed E-state index contributed by atoms with van der Waals surface area (Å²) < 4.78 is 0. The topological polar surface area (TPSA) is 0 Å². The average Bonchev–Trinajstić information content (AvgIpc) is 2.26. The highest BCUT2D eigenvalue weighted by Gasteiger charge is 2.20. The van der Waals surface area contributed by atoms with Crippen LogP contribution >= 0.6 is 23.2 Å². The second-order valence-electron chi connectivity index (χ2n) is 3.68. The van der Waals surface area contributed by atoms with Gasteiger partial charge in [-0.1, -0.05) is 48.0 Å². The van der Waals surface area contributed by atoms with Crippen molar-refractivity contribution in [2.45, 2.75) is 5.38 Å². The maximum absolute atomic E-state index is 6.26. The van der Waals surface area contributed by atoms with Gasteiger partial charge >= 0.3 is 0 Å². The van der Waals surface area contributed by atoms with E-state index in [4.69, 9.17) is 23.2 Å². The van der Waals surface area contributed by atoms with E-state index in [1.165, 1.54) is 10.8 Å². The summed E-state index contributed by atoms with van der Waals surface area (Å²) in [6.07, 6.45) is 1.95. The third-order valence-electron chi connectivity index (χ3n) is 2.78. The fraction of sp³-hybridized carbons (Fsp3) is 0.0769. The Labute approximate surface area is 98.1 Å². The van der Waals surface area contributed by atoms with E-state index in [2.05, 4.69) is 18.2 Å². The number of hydrogen-bond donors (Lipinski definition) is 0. The average molecular weight is 235 g/mol. The standard InChI is InChI=1S/C13H8Cl2/c14-11-7-9-5-1-3-8-4-2-6-10(12(8)9)13(11)15/h1-7,13H. The van der Waals surface area contributed by atoms with E-state index in [1.807, 2.05) is 24.3 Å². The quantitative estimate of drug-likeness (QED) is 0.580. The van der Waals surface area contributed by atoms with Crippen LogP contribution in [0.5, 0.6) is 0 Å². The van der Waals surface area contributed by atoms with Crippen LogP contribution in [0, 0.1) is 0 Å². The first-order valence-electron chi connectivity index (χ1n) is 4.80. The van der Waals surface area contributed by atoms with Crippen LogP contribution in [0.3, 0.4) is 0 Å². The van der Waals surface area contributed by atoms with E-state index in [0.717, 1.165) is 11.1 Å². The molecular formula is C13H8Cl2. The molecule has 0 aliphatic heterocycles. The summed E-state index contributed by atoms with van der Waals surface area (Å²) in [5.74, 6) is 0. The van der Waals surface area contributed by atoms with E-state index >= 15 is 0 Å². The lowest BCUT2D eigenvalue weighted by molar-refractivity contribution is 1.20. The molecule has 0 saturated heterocycles. The van der Waals surface area contributed by atoms with Gasteiger partial charge < -0.3 is 0 Å². The molecule has 74 valence electrons. The predicted molar refractivity (Wildman–Crippen MR) is 66.4 cm³/mol. The molecule has 0 radical (unpaired) electrons. The van der Waals surface area contributed by atoms with Crippen molar-refractivity contribution in [3.63, 3.8) is 0 Å². The van der Waals surface area contributed by atoms with Crippen LogP contribution in [0.2, 0.25) is 0 Å². The van der Waals surface area contributed by atoms with Crippen molar-refractivity contribution < 1.29 is 0 Å². The largest absolute Gasteiger partial charge is 0.112 e. The third-order valence-corrected chi connectivity index (χ3v) is 3.69. The molecule has 2 heteroatoms. The van der Waals surface area contributed by atoms with Gasteiger partial charge in [-0.15, -0.1) is 11.6 Å². The van der Waals surface area contributed by atoms with Crippen LogP contribution in [-0.2, 0) is 0 Å². The molecule has 0 spiro atoms. The molecule has 1 aliphatic carbocycles. The molecule has 1 atom stereocenters. The van der Waals surface area contributed by atoms with Crippen molar-refractivity contribution >= 4 is 40.1 Å². The molecule has 0 saturated carbocycles. The number of rotatable bonds is 0. The highest BCUT2D eigenvalue weighted by Crippen LogP contribution is 2.42. The van der Waals surface area contributed by atoms with Crippen LogP contribution in [0.4, 0.5) is 0 Å². The van der Waals surface area contributed by atoms with E-state index in [-0.39, 0.29) is 5.38 Å². The molecule has 0 amide bonds. The van der Waals surface area contributed by atoms with Crippen molar-refractivity contribution in [3.05, 3.63) is 52.6 Å². The zero-order valence-corrected chi connectivity index (χ0v) is 9.39. The third kappa shape index (κ3) is 1.29. The smallest absolute Gasteiger partial charge is 0.0947 e. The fourth-order valence-corrected chi connectivity index (χ4v) is 2.58. The highest BCUT2D eigenvalue weighted by molar-refractivity contribution is 6.40. The Morgan fingerprint density at radius 1 is 1.00 bits per heavy atom. The van der Waals surface area contributed by atoms with Gasteiger partial charge in [0.05, 0.1) is 5.38 Å². The summed E-state index contributed by atoms with van der Waals surface area (Å²) in [5, 5.41) is 2.94. The monoisotopic (exact) mass is 234 g/mol. The van der Waals surface area contributed by atoms with Gasteiger partial charge in [0.2, 0.25) is 0 Å². The van der Waals surface area contributed by atoms with Crippen molar-refractivity contribution in [3.8, 4) is 0 Å². The van der Waals surface area contributed by atoms with Gasteiger partial charge in [0.15, 0.2) is 0 Å². The van der Waals surface area contributed by atoms with E-state index in [1.54, 1.807) is 0 Å². The van der Waals surface area contributed by atoms with Crippen LogP contribution < -0.4 is 0 Å². The van der Waals surface area contributed by atoms with Crippen molar-refractivity contribution in [1.82, 2.24) is 0 Å². The number of halogens is 2. The van der Waals surface area contributed by atoms with Gasteiger partial charge in [0.25, 0.3) is 0 Å². The second kappa shape index (κ2) is 3.26. The molecule has 2 aromatic rings. The highest BCUT2D eigenvalue weighted by atomic mass is 35.5. The Kier molecular flexibility index (Phi) is 2.01. The Morgan fingerprint density at radius 3 is 2.53 bits per heavy atom. The van der Waals surface area contributed by atoms with Crippen LogP contribution in [-0.4, -0.2) is 0 Å². The Hall–Kier alpha value is -0.980. The zero-order chi connectivity index (χ0) is 10.4. The fourth-order valence-electron chi connectivity index (χ4n) is 2.10. The normalized spacial score (nSPS) is 19.1. The van der Waals surface area contributed by atoms with Gasteiger partial charge in [-0.2, -0.15) is 0 Å². The Bertz CT molecular complexity index is 565. The molecule has 15 heavy (non-hydrogen) atoms. The molecular weight excluding hydrogens is 227 g/mol. The SMILES string of the molecule is ClC1=Cc2cccc3cccc(c23)C1Cl. The first-order valence-corrected chi connectivity index (χ1v) is 5.61. The molecule has 2 aromatic carbocycles. The first-order chi connectivity index (χ1) is 7.27. The van der Waals surface area contributed by atoms with Gasteiger partial charge in [-0.25, -0.2) is 0 Å². The Morgan fingerprint density at radius 2 is 1.73 bits per heavy atom. The summed E-state index contributed by atoms with van der Waals surface area (Å²) in [6, 6.07) is 12.4. The van der Waals surface area contributed by atoms with E-state index in [9.17, 15) is 0 Å². The predicted octanol–water partition coefficient (Wildman–Crippen LogP) is 4.71. The maximum atomic E-state index is 6.26. The molecule has 0 bridgehead atoms. The van der Waals surface area contributed by atoms with Crippen LogP contribution in [0.1, 0.15) is 16.5 Å². The van der Waals surface area contributed by atoms with Crippen molar-refractivity contribution in [2.75, 3.05) is 0 Å². The molecule has 0 aromatic heterocycles. The number of hydrogen-bond acceptors (Lipinski definition) is 0. The molecule has 0 nitrogen and oxygen atoms in total. The second-order valence-corrected chi connectivity index (χ2v) is 4.56. The van der Waals surface area contributed by atoms with Gasteiger partial charge in [0.1, 0.15) is 0 Å².